The standard InChI is InChI=1S/C13H15N3O3/c1-2-4-11(12(17)18)16-13(19)15-10-6-3-5-9(7-10)8-14/h3,5-7,11H,2,4H2,1H3,(H,17,18)(H2,15,16,19). The topological polar surface area (TPSA) is 102 Å². The first-order valence-electron chi connectivity index (χ1n) is 5.87. The van der Waals surface area contributed by atoms with Crippen LogP contribution in [0, 0.1) is 11.3 Å². The number of nitrogens with one attached hydrogen (secondary N) is 2. The van der Waals surface area contributed by atoms with Gasteiger partial charge < -0.3 is 15.7 Å². The summed E-state index contributed by atoms with van der Waals surface area (Å²) in [5.41, 5.74) is 0.860. The third-order valence-corrected chi connectivity index (χ3v) is 2.43. The first-order chi connectivity index (χ1) is 9.06. The lowest BCUT2D eigenvalue weighted by atomic mass is 10.2. The highest BCUT2D eigenvalue weighted by Gasteiger charge is 2.18. The van der Waals surface area contributed by atoms with Crippen LogP contribution in [-0.2, 0) is 4.79 Å². The number of hydrogen-bond acceptors (Lipinski definition) is 3. The zero-order valence-corrected chi connectivity index (χ0v) is 10.5. The lowest BCUT2D eigenvalue weighted by Gasteiger charge is -2.14. The highest BCUT2D eigenvalue weighted by Crippen LogP contribution is 2.09. The van der Waals surface area contributed by atoms with Crippen molar-refractivity contribution in [1.29, 1.82) is 5.26 Å². The molecule has 19 heavy (non-hydrogen) atoms. The van der Waals surface area contributed by atoms with E-state index in [-0.39, 0.29) is 0 Å². The maximum absolute atomic E-state index is 11.6. The Kier molecular flexibility index (Phi) is 5.35. The van der Waals surface area contributed by atoms with Crippen LogP contribution in [0.1, 0.15) is 25.3 Å². The first-order valence-corrected chi connectivity index (χ1v) is 5.87. The summed E-state index contributed by atoms with van der Waals surface area (Å²) in [4.78, 5) is 22.5. The smallest absolute Gasteiger partial charge is 0.326 e. The van der Waals surface area contributed by atoms with E-state index >= 15 is 0 Å². The second-order valence-corrected chi connectivity index (χ2v) is 3.97. The molecule has 6 nitrogen and oxygen atoms in total. The van der Waals surface area contributed by atoms with Crippen molar-refractivity contribution in [2.75, 3.05) is 5.32 Å². The van der Waals surface area contributed by atoms with Gasteiger partial charge in [0.1, 0.15) is 6.04 Å². The molecule has 0 fully saturated rings. The van der Waals surface area contributed by atoms with E-state index < -0.39 is 18.0 Å². The van der Waals surface area contributed by atoms with Gasteiger partial charge in [-0.05, 0) is 24.6 Å². The minimum absolute atomic E-state index is 0.362. The summed E-state index contributed by atoms with van der Waals surface area (Å²) in [6.07, 6.45) is 1.02. The molecule has 0 saturated carbocycles. The Morgan fingerprint density at radius 2 is 2.21 bits per heavy atom. The first kappa shape index (κ1) is 14.5. The van der Waals surface area contributed by atoms with Gasteiger partial charge in [0, 0.05) is 5.69 Å². The zero-order valence-electron chi connectivity index (χ0n) is 10.5. The van der Waals surface area contributed by atoms with E-state index in [9.17, 15) is 9.59 Å². The van der Waals surface area contributed by atoms with Gasteiger partial charge in [-0.15, -0.1) is 0 Å². The van der Waals surface area contributed by atoms with Crippen LogP contribution in [0.25, 0.3) is 0 Å². The van der Waals surface area contributed by atoms with Crippen LogP contribution >= 0.6 is 0 Å². The molecule has 1 atom stereocenters. The Balaban J connectivity index is 2.63. The molecule has 1 aromatic rings. The third-order valence-electron chi connectivity index (χ3n) is 2.43. The maximum Gasteiger partial charge on any atom is 0.326 e. The van der Waals surface area contributed by atoms with Gasteiger partial charge in [-0.25, -0.2) is 9.59 Å². The van der Waals surface area contributed by atoms with E-state index in [0.29, 0.717) is 24.1 Å². The Morgan fingerprint density at radius 3 is 2.79 bits per heavy atom. The van der Waals surface area contributed by atoms with Crippen molar-refractivity contribution in [3.8, 4) is 6.07 Å². The van der Waals surface area contributed by atoms with E-state index in [1.54, 1.807) is 18.2 Å². The van der Waals surface area contributed by atoms with Crippen LogP contribution in [0.5, 0.6) is 0 Å². The van der Waals surface area contributed by atoms with Crippen LogP contribution in [0.3, 0.4) is 0 Å². The predicted octanol–water partition coefficient (Wildman–Crippen LogP) is 1.93. The van der Waals surface area contributed by atoms with Gasteiger partial charge in [-0.1, -0.05) is 19.4 Å². The summed E-state index contributed by atoms with van der Waals surface area (Å²) in [6, 6.07) is 6.82. The van der Waals surface area contributed by atoms with E-state index in [0.717, 1.165) is 0 Å². The summed E-state index contributed by atoms with van der Waals surface area (Å²) in [6.45, 7) is 1.84. The molecule has 0 aromatic heterocycles. The number of nitriles is 1. The van der Waals surface area contributed by atoms with E-state index in [4.69, 9.17) is 10.4 Å². The molecule has 3 N–H and O–H groups in total. The van der Waals surface area contributed by atoms with Gasteiger partial charge in [0.2, 0.25) is 0 Å². The molecular formula is C13H15N3O3. The van der Waals surface area contributed by atoms with Crippen LogP contribution in [-0.4, -0.2) is 23.1 Å². The Labute approximate surface area is 111 Å². The maximum atomic E-state index is 11.6. The number of rotatable bonds is 5. The van der Waals surface area contributed by atoms with Crippen LogP contribution in [0.2, 0.25) is 0 Å². The number of nitrogens with zero attached hydrogens (tertiary/aromatic N) is 1. The number of anilines is 1. The van der Waals surface area contributed by atoms with Crippen molar-refractivity contribution in [2.24, 2.45) is 0 Å². The number of carboxylic acid groups (broad SMARTS) is 1. The lowest BCUT2D eigenvalue weighted by molar-refractivity contribution is -0.139. The molecule has 0 aliphatic carbocycles. The van der Waals surface area contributed by atoms with Crippen molar-refractivity contribution in [1.82, 2.24) is 5.32 Å². The monoisotopic (exact) mass is 261 g/mol. The number of carbonyl (C=O) groups is 2. The number of hydrogen-bond donors (Lipinski definition) is 3. The van der Waals surface area contributed by atoms with Gasteiger partial charge in [0.15, 0.2) is 0 Å². The fourth-order valence-corrected chi connectivity index (χ4v) is 1.54. The highest BCUT2D eigenvalue weighted by molar-refractivity contribution is 5.92. The molecule has 6 heteroatoms. The molecule has 0 radical (unpaired) electrons. The van der Waals surface area contributed by atoms with Gasteiger partial charge in [0.05, 0.1) is 11.6 Å². The minimum atomic E-state index is -1.07. The molecule has 2 amide bonds. The molecule has 1 unspecified atom stereocenters. The molecule has 1 aromatic carbocycles. The second kappa shape index (κ2) is 7.01. The average molecular weight is 261 g/mol. The Morgan fingerprint density at radius 1 is 1.47 bits per heavy atom. The normalized spacial score (nSPS) is 11.2. The van der Waals surface area contributed by atoms with Gasteiger partial charge >= 0.3 is 12.0 Å². The zero-order chi connectivity index (χ0) is 14.3. The number of benzene rings is 1. The molecule has 100 valence electrons. The number of carbonyl (C=O) groups excluding carboxylic acids is 1. The summed E-state index contributed by atoms with van der Waals surface area (Å²) in [5, 5.41) is 22.5. The highest BCUT2D eigenvalue weighted by atomic mass is 16.4. The van der Waals surface area contributed by atoms with Crippen molar-refractivity contribution < 1.29 is 14.7 Å². The molecule has 0 aliphatic heterocycles. The molecule has 1 rings (SSSR count). The molecule has 0 aliphatic rings. The van der Waals surface area contributed by atoms with Gasteiger partial charge in [0.25, 0.3) is 0 Å². The van der Waals surface area contributed by atoms with Crippen molar-refractivity contribution >= 4 is 17.7 Å². The van der Waals surface area contributed by atoms with Gasteiger partial charge in [-0.2, -0.15) is 5.26 Å². The fraction of sp³-hybridized carbons (Fsp3) is 0.308. The fourth-order valence-electron chi connectivity index (χ4n) is 1.54. The summed E-state index contributed by atoms with van der Waals surface area (Å²) >= 11 is 0. The van der Waals surface area contributed by atoms with Crippen LogP contribution in [0.4, 0.5) is 10.5 Å². The minimum Gasteiger partial charge on any atom is -0.480 e. The number of urea groups is 1. The average Bonchev–Trinajstić information content (AvgIpc) is 2.38. The van der Waals surface area contributed by atoms with Gasteiger partial charge in [-0.3, -0.25) is 0 Å². The lowest BCUT2D eigenvalue weighted by Crippen LogP contribution is -2.42. The van der Waals surface area contributed by atoms with Crippen LogP contribution in [0.15, 0.2) is 24.3 Å². The number of amides is 2. The molecule has 0 heterocycles. The summed E-state index contributed by atoms with van der Waals surface area (Å²) in [5.74, 6) is -1.07. The van der Waals surface area contributed by atoms with E-state index in [1.165, 1.54) is 6.07 Å². The van der Waals surface area contributed by atoms with Crippen molar-refractivity contribution in [3.05, 3.63) is 29.8 Å². The second-order valence-electron chi connectivity index (χ2n) is 3.97. The third kappa shape index (κ3) is 4.68. The van der Waals surface area contributed by atoms with E-state index in [1.807, 2.05) is 13.0 Å². The molecule has 0 spiro atoms. The van der Waals surface area contributed by atoms with Crippen molar-refractivity contribution in [3.63, 3.8) is 0 Å². The number of carboxylic acids is 1. The largest absolute Gasteiger partial charge is 0.480 e. The Bertz CT molecular complexity index is 508. The molecule has 0 saturated heterocycles. The molecular weight excluding hydrogens is 246 g/mol. The SMILES string of the molecule is CCCC(NC(=O)Nc1cccc(C#N)c1)C(=O)O. The quantitative estimate of drug-likeness (QED) is 0.753. The predicted molar refractivity (Wildman–Crippen MR) is 69.6 cm³/mol. The van der Waals surface area contributed by atoms with Crippen molar-refractivity contribution in [2.45, 2.75) is 25.8 Å². The Hall–Kier alpha value is -2.55. The van der Waals surface area contributed by atoms with Crippen LogP contribution < -0.4 is 10.6 Å². The molecule has 0 bridgehead atoms. The summed E-state index contributed by atoms with van der Waals surface area (Å²) in [7, 11) is 0. The summed E-state index contributed by atoms with van der Waals surface area (Å²) < 4.78 is 0. The van der Waals surface area contributed by atoms with E-state index in [2.05, 4.69) is 10.6 Å². The number of aliphatic carboxylic acids is 1.